The molecule has 0 aromatic carbocycles. The van der Waals surface area contributed by atoms with E-state index in [0.717, 1.165) is 24.3 Å². The molecule has 0 saturated carbocycles. The Labute approximate surface area is 149 Å². The lowest BCUT2D eigenvalue weighted by molar-refractivity contribution is -0.136. The fourth-order valence-electron chi connectivity index (χ4n) is 3.67. The Morgan fingerprint density at radius 2 is 2.36 bits per heavy atom. The summed E-state index contributed by atoms with van der Waals surface area (Å²) in [5.41, 5.74) is 1.67. The van der Waals surface area contributed by atoms with Gasteiger partial charge in [-0.25, -0.2) is 4.98 Å². The summed E-state index contributed by atoms with van der Waals surface area (Å²) in [5.74, 6) is 1.18. The number of hydrogen-bond donors (Lipinski definition) is 2. The van der Waals surface area contributed by atoms with Crippen LogP contribution in [-0.2, 0) is 15.1 Å². The Balaban J connectivity index is 1.94. The van der Waals surface area contributed by atoms with E-state index in [1.54, 1.807) is 0 Å². The first-order valence-corrected chi connectivity index (χ1v) is 8.98. The Kier molecular flexibility index (Phi) is 5.11. The maximum Gasteiger partial charge on any atom is 0.251 e. The maximum atomic E-state index is 12.8. The van der Waals surface area contributed by atoms with E-state index in [0.29, 0.717) is 19.1 Å². The average molecular weight is 344 g/mol. The van der Waals surface area contributed by atoms with Gasteiger partial charge in [-0.2, -0.15) is 0 Å². The van der Waals surface area contributed by atoms with E-state index in [2.05, 4.69) is 53.8 Å². The second-order valence-corrected chi connectivity index (χ2v) is 7.51. The van der Waals surface area contributed by atoms with Crippen LogP contribution in [0.1, 0.15) is 38.6 Å². The molecular weight excluding hydrogens is 316 g/mol. The van der Waals surface area contributed by atoms with Crippen molar-refractivity contribution in [2.45, 2.75) is 45.8 Å². The minimum atomic E-state index is -0.563. The molecule has 1 amide bonds. The van der Waals surface area contributed by atoms with Crippen LogP contribution >= 0.6 is 0 Å². The van der Waals surface area contributed by atoms with Crippen molar-refractivity contribution in [1.82, 2.24) is 20.0 Å². The molecule has 2 aromatic heterocycles. The number of nitrogens with zero attached hydrogens (tertiary/aromatic N) is 2. The number of nitrogens with one attached hydrogen (secondary N) is 2. The molecule has 1 aliphatic rings. The highest BCUT2D eigenvalue weighted by Crippen LogP contribution is 2.29. The van der Waals surface area contributed by atoms with Gasteiger partial charge in [-0.3, -0.25) is 4.79 Å². The van der Waals surface area contributed by atoms with Gasteiger partial charge in [0.1, 0.15) is 11.9 Å². The quantitative estimate of drug-likeness (QED) is 0.871. The predicted octanol–water partition coefficient (Wildman–Crippen LogP) is 2.01. The van der Waals surface area contributed by atoms with Gasteiger partial charge in [0.05, 0.1) is 23.9 Å². The SMILES string of the molecule is Cc1cccn2c(C(C)(CC(C)C)NC(=O)[C@@H]3CNCCO3)ncc12. The van der Waals surface area contributed by atoms with Gasteiger partial charge in [-0.05, 0) is 37.8 Å². The number of carbonyl (C=O) groups excluding carboxylic acids is 1. The van der Waals surface area contributed by atoms with Crippen molar-refractivity contribution in [1.29, 1.82) is 0 Å². The molecule has 136 valence electrons. The molecule has 1 saturated heterocycles. The predicted molar refractivity (Wildman–Crippen MR) is 97.5 cm³/mol. The number of morpholine rings is 1. The number of hydrogen-bond acceptors (Lipinski definition) is 4. The van der Waals surface area contributed by atoms with E-state index in [-0.39, 0.29) is 5.91 Å². The van der Waals surface area contributed by atoms with E-state index in [1.807, 2.05) is 18.5 Å². The zero-order valence-electron chi connectivity index (χ0n) is 15.5. The molecular formula is C19H28N4O2. The van der Waals surface area contributed by atoms with Crippen LogP contribution in [0.5, 0.6) is 0 Å². The Morgan fingerprint density at radius 3 is 3.04 bits per heavy atom. The highest BCUT2D eigenvalue weighted by molar-refractivity contribution is 5.82. The van der Waals surface area contributed by atoms with Crippen LogP contribution < -0.4 is 10.6 Å². The van der Waals surface area contributed by atoms with Gasteiger partial charge in [0, 0.05) is 19.3 Å². The molecule has 1 aliphatic heterocycles. The molecule has 1 fully saturated rings. The first-order chi connectivity index (χ1) is 11.9. The summed E-state index contributed by atoms with van der Waals surface area (Å²) in [6, 6.07) is 4.08. The van der Waals surface area contributed by atoms with Crippen LogP contribution in [0.15, 0.2) is 24.5 Å². The van der Waals surface area contributed by atoms with E-state index >= 15 is 0 Å². The molecule has 0 aliphatic carbocycles. The highest BCUT2D eigenvalue weighted by Gasteiger charge is 2.36. The summed E-state index contributed by atoms with van der Waals surface area (Å²) < 4.78 is 7.69. The largest absolute Gasteiger partial charge is 0.366 e. The molecule has 3 heterocycles. The molecule has 2 aromatic rings. The number of rotatable bonds is 5. The number of ether oxygens (including phenoxy) is 1. The number of amides is 1. The molecule has 2 atom stereocenters. The monoisotopic (exact) mass is 344 g/mol. The molecule has 6 nitrogen and oxygen atoms in total. The number of fused-ring (bicyclic) bond motifs is 1. The molecule has 6 heteroatoms. The van der Waals surface area contributed by atoms with Crippen LogP contribution in [-0.4, -0.2) is 41.1 Å². The molecule has 0 spiro atoms. The zero-order valence-corrected chi connectivity index (χ0v) is 15.5. The van der Waals surface area contributed by atoms with Gasteiger partial charge >= 0.3 is 0 Å². The minimum Gasteiger partial charge on any atom is -0.366 e. The van der Waals surface area contributed by atoms with Crippen LogP contribution in [0, 0.1) is 12.8 Å². The zero-order chi connectivity index (χ0) is 18.0. The van der Waals surface area contributed by atoms with Crippen molar-refractivity contribution in [3.05, 3.63) is 35.9 Å². The fourth-order valence-corrected chi connectivity index (χ4v) is 3.67. The third-order valence-corrected chi connectivity index (χ3v) is 4.71. The van der Waals surface area contributed by atoms with Crippen LogP contribution in [0.25, 0.3) is 5.52 Å². The van der Waals surface area contributed by atoms with Crippen LogP contribution in [0.2, 0.25) is 0 Å². The van der Waals surface area contributed by atoms with Gasteiger partial charge in [-0.15, -0.1) is 0 Å². The lowest BCUT2D eigenvalue weighted by atomic mass is 9.89. The third kappa shape index (κ3) is 3.70. The molecule has 2 N–H and O–H groups in total. The van der Waals surface area contributed by atoms with Gasteiger partial charge in [0.15, 0.2) is 0 Å². The summed E-state index contributed by atoms with van der Waals surface area (Å²) >= 11 is 0. The van der Waals surface area contributed by atoms with Crippen molar-refractivity contribution in [3.63, 3.8) is 0 Å². The van der Waals surface area contributed by atoms with E-state index < -0.39 is 11.6 Å². The van der Waals surface area contributed by atoms with Crippen molar-refractivity contribution in [2.24, 2.45) is 5.92 Å². The second-order valence-electron chi connectivity index (χ2n) is 7.51. The van der Waals surface area contributed by atoms with Crippen LogP contribution in [0.4, 0.5) is 0 Å². The number of imidazole rings is 1. The lowest BCUT2D eigenvalue weighted by Crippen LogP contribution is -2.54. The second kappa shape index (κ2) is 7.14. The van der Waals surface area contributed by atoms with Crippen molar-refractivity contribution in [2.75, 3.05) is 19.7 Å². The molecule has 25 heavy (non-hydrogen) atoms. The maximum absolute atomic E-state index is 12.8. The van der Waals surface area contributed by atoms with Gasteiger partial charge in [0.2, 0.25) is 0 Å². The summed E-state index contributed by atoms with van der Waals surface area (Å²) in [4.78, 5) is 17.5. The Bertz CT molecular complexity index is 749. The Morgan fingerprint density at radius 1 is 1.56 bits per heavy atom. The standard InChI is InChI=1S/C19H28N4O2/c1-13(2)10-19(4,22-17(24)16-12-20-7-9-25-16)18-21-11-15-14(3)6-5-8-23(15)18/h5-6,8,11,13,16,20H,7,9-10,12H2,1-4H3,(H,22,24)/t16-,19?/m0/s1. The normalized spacial score (nSPS) is 20.6. The molecule has 0 radical (unpaired) electrons. The van der Waals surface area contributed by atoms with Crippen molar-refractivity contribution in [3.8, 4) is 0 Å². The lowest BCUT2D eigenvalue weighted by Gasteiger charge is -2.34. The van der Waals surface area contributed by atoms with E-state index in [9.17, 15) is 4.79 Å². The first kappa shape index (κ1) is 17.9. The third-order valence-electron chi connectivity index (χ3n) is 4.71. The van der Waals surface area contributed by atoms with Gasteiger partial charge in [-0.1, -0.05) is 19.9 Å². The van der Waals surface area contributed by atoms with Crippen molar-refractivity contribution < 1.29 is 9.53 Å². The summed E-state index contributed by atoms with van der Waals surface area (Å²) in [5, 5.41) is 6.43. The summed E-state index contributed by atoms with van der Waals surface area (Å²) in [6.45, 7) is 10.3. The minimum absolute atomic E-state index is 0.0836. The van der Waals surface area contributed by atoms with Gasteiger partial charge in [0.25, 0.3) is 5.91 Å². The Hall–Kier alpha value is -1.92. The molecule has 3 rings (SSSR count). The summed E-state index contributed by atoms with van der Waals surface area (Å²) in [7, 11) is 0. The molecule has 0 bridgehead atoms. The van der Waals surface area contributed by atoms with E-state index in [1.165, 1.54) is 5.56 Å². The van der Waals surface area contributed by atoms with E-state index in [4.69, 9.17) is 4.74 Å². The topological polar surface area (TPSA) is 67.7 Å². The number of aromatic nitrogens is 2. The van der Waals surface area contributed by atoms with Gasteiger partial charge < -0.3 is 19.8 Å². The fraction of sp³-hybridized carbons (Fsp3) is 0.579. The number of aryl methyl sites for hydroxylation is 1. The number of carbonyl (C=O) groups is 1. The first-order valence-electron chi connectivity index (χ1n) is 8.98. The summed E-state index contributed by atoms with van der Waals surface area (Å²) in [6.07, 6.45) is 4.24. The smallest absolute Gasteiger partial charge is 0.251 e. The highest BCUT2D eigenvalue weighted by atomic mass is 16.5. The molecule has 1 unspecified atom stereocenters. The number of pyridine rings is 1. The van der Waals surface area contributed by atoms with Crippen molar-refractivity contribution >= 4 is 11.4 Å². The van der Waals surface area contributed by atoms with Crippen LogP contribution in [0.3, 0.4) is 0 Å². The average Bonchev–Trinajstić information content (AvgIpc) is 3.01.